The number of hydrogen-bond donors (Lipinski definition) is 0. The van der Waals surface area contributed by atoms with Crippen LogP contribution in [-0.2, 0) is 17.7 Å². The van der Waals surface area contributed by atoms with Crippen LogP contribution in [-0.4, -0.2) is 54.9 Å². The maximum atomic E-state index is 12.9. The highest BCUT2D eigenvalue weighted by atomic mass is 19.4. The first kappa shape index (κ1) is 18.0. The largest absolute Gasteiger partial charge is 0.408 e. The zero-order valence-corrected chi connectivity index (χ0v) is 14.1. The van der Waals surface area contributed by atoms with Crippen molar-refractivity contribution >= 4 is 0 Å². The number of ether oxygens (including phenoxy) is 1. The minimum atomic E-state index is -4.41. The molecule has 0 aliphatic rings. The molecule has 0 radical (unpaired) electrons. The molecule has 2 heterocycles. The lowest BCUT2D eigenvalue weighted by atomic mass is 10.2. The Morgan fingerprint density at radius 2 is 2.04 bits per heavy atom. The number of tetrazole rings is 1. The zero-order valence-electron chi connectivity index (χ0n) is 14.1. The van der Waals surface area contributed by atoms with Crippen molar-refractivity contribution in [2.24, 2.45) is 0 Å². The number of aromatic nitrogens is 7. The molecule has 3 aromatic rings. The fourth-order valence-corrected chi connectivity index (χ4v) is 2.43. The van der Waals surface area contributed by atoms with Gasteiger partial charge in [-0.1, -0.05) is 12.1 Å². The topological polar surface area (TPSA) is 83.5 Å². The van der Waals surface area contributed by atoms with E-state index in [4.69, 9.17) is 4.74 Å². The van der Waals surface area contributed by atoms with Crippen molar-refractivity contribution in [3.63, 3.8) is 0 Å². The van der Waals surface area contributed by atoms with Crippen molar-refractivity contribution in [1.29, 1.82) is 0 Å². The zero-order chi connectivity index (χ0) is 18.7. The summed E-state index contributed by atoms with van der Waals surface area (Å²) in [6.07, 6.45) is -4.09. The lowest BCUT2D eigenvalue weighted by molar-refractivity contribution is -0.142. The summed E-state index contributed by atoms with van der Waals surface area (Å²) in [7, 11) is 1.51. The van der Waals surface area contributed by atoms with E-state index in [0.29, 0.717) is 30.1 Å². The Hall–Kier alpha value is -2.82. The van der Waals surface area contributed by atoms with Crippen LogP contribution in [0.1, 0.15) is 11.6 Å². The standard InChI is InChI=1S/C15H16F3N7O/c1-10-20-22-23-25(10)12-5-3-4-11(8-12)14-19-13(6-7-26-2)21-24(14)9-15(16,17)18/h3-5,8H,6-7,9H2,1-2H3. The minimum Gasteiger partial charge on any atom is -0.384 e. The molecule has 1 aromatic carbocycles. The Bertz CT molecular complexity index is 887. The van der Waals surface area contributed by atoms with Crippen LogP contribution in [0.15, 0.2) is 24.3 Å². The van der Waals surface area contributed by atoms with Crippen LogP contribution in [0.4, 0.5) is 13.2 Å². The number of nitrogens with zero attached hydrogens (tertiary/aromatic N) is 7. The molecule has 0 N–H and O–H groups in total. The van der Waals surface area contributed by atoms with E-state index in [-0.39, 0.29) is 11.6 Å². The number of halogens is 3. The Kier molecular flexibility index (Phi) is 4.98. The van der Waals surface area contributed by atoms with Gasteiger partial charge in [0.15, 0.2) is 17.5 Å². The Labute approximate surface area is 146 Å². The molecule has 0 saturated heterocycles. The number of alkyl halides is 3. The van der Waals surface area contributed by atoms with Crippen molar-refractivity contribution in [2.45, 2.75) is 26.1 Å². The van der Waals surface area contributed by atoms with Gasteiger partial charge in [0.05, 0.1) is 12.3 Å². The second-order valence-electron chi connectivity index (χ2n) is 5.56. The number of methoxy groups -OCH3 is 1. The number of benzene rings is 1. The van der Waals surface area contributed by atoms with Gasteiger partial charge in [-0.25, -0.2) is 9.67 Å². The molecule has 0 amide bonds. The van der Waals surface area contributed by atoms with Crippen LogP contribution in [0.25, 0.3) is 17.1 Å². The third kappa shape index (κ3) is 4.04. The van der Waals surface area contributed by atoms with Gasteiger partial charge in [0, 0.05) is 19.1 Å². The summed E-state index contributed by atoms with van der Waals surface area (Å²) in [5, 5.41) is 15.2. The van der Waals surface area contributed by atoms with Gasteiger partial charge in [-0.15, -0.1) is 5.10 Å². The second-order valence-corrected chi connectivity index (χ2v) is 5.56. The molecule has 0 fully saturated rings. The average molecular weight is 367 g/mol. The Balaban J connectivity index is 2.02. The number of hydrogen-bond acceptors (Lipinski definition) is 6. The fraction of sp³-hybridized carbons (Fsp3) is 0.400. The molecule has 3 rings (SSSR count). The quantitative estimate of drug-likeness (QED) is 0.662. The molecule has 26 heavy (non-hydrogen) atoms. The molecule has 0 aliphatic heterocycles. The van der Waals surface area contributed by atoms with E-state index in [1.165, 1.54) is 11.8 Å². The van der Waals surface area contributed by atoms with Crippen molar-refractivity contribution in [1.82, 2.24) is 35.0 Å². The van der Waals surface area contributed by atoms with Crippen molar-refractivity contribution < 1.29 is 17.9 Å². The van der Waals surface area contributed by atoms with Gasteiger partial charge in [0.25, 0.3) is 0 Å². The molecule has 2 aromatic heterocycles. The van der Waals surface area contributed by atoms with Crippen LogP contribution in [0.2, 0.25) is 0 Å². The molecule has 8 nitrogen and oxygen atoms in total. The smallest absolute Gasteiger partial charge is 0.384 e. The fourth-order valence-electron chi connectivity index (χ4n) is 2.43. The van der Waals surface area contributed by atoms with Gasteiger partial charge in [-0.05, 0) is 29.5 Å². The summed E-state index contributed by atoms with van der Waals surface area (Å²) in [5.41, 5.74) is 1.10. The van der Waals surface area contributed by atoms with Crippen LogP contribution in [0.3, 0.4) is 0 Å². The predicted octanol–water partition coefficient (Wildman–Crippen LogP) is 1.98. The van der Waals surface area contributed by atoms with E-state index in [1.54, 1.807) is 31.2 Å². The van der Waals surface area contributed by atoms with Gasteiger partial charge >= 0.3 is 6.18 Å². The number of rotatable bonds is 6. The summed E-state index contributed by atoms with van der Waals surface area (Å²) in [5.74, 6) is 0.968. The van der Waals surface area contributed by atoms with E-state index in [2.05, 4.69) is 25.6 Å². The summed E-state index contributed by atoms with van der Waals surface area (Å²) in [6.45, 7) is 0.817. The van der Waals surface area contributed by atoms with E-state index in [0.717, 1.165) is 4.68 Å². The molecule has 0 bridgehead atoms. The predicted molar refractivity (Wildman–Crippen MR) is 84.5 cm³/mol. The highest BCUT2D eigenvalue weighted by Gasteiger charge is 2.30. The normalized spacial score (nSPS) is 11.9. The molecule has 0 aliphatic carbocycles. The molecule has 138 valence electrons. The first-order valence-corrected chi connectivity index (χ1v) is 7.72. The van der Waals surface area contributed by atoms with E-state index in [1.807, 2.05) is 0 Å². The first-order chi connectivity index (χ1) is 12.4. The van der Waals surface area contributed by atoms with Crippen LogP contribution in [0, 0.1) is 6.92 Å². The lowest BCUT2D eigenvalue weighted by Crippen LogP contribution is -2.19. The maximum Gasteiger partial charge on any atom is 0.408 e. The van der Waals surface area contributed by atoms with Crippen molar-refractivity contribution in [2.75, 3.05) is 13.7 Å². The average Bonchev–Trinajstić information content (AvgIpc) is 3.18. The molecular weight excluding hydrogens is 351 g/mol. The van der Waals surface area contributed by atoms with Crippen molar-refractivity contribution in [3.8, 4) is 17.1 Å². The molecular formula is C15H16F3N7O. The molecule has 0 saturated carbocycles. The SMILES string of the molecule is COCCc1nc(-c2cccc(-n3nnnc3C)c2)n(CC(F)(F)F)n1. The van der Waals surface area contributed by atoms with E-state index in [9.17, 15) is 13.2 Å². The van der Waals surface area contributed by atoms with Gasteiger partial charge in [-0.2, -0.15) is 23.0 Å². The van der Waals surface area contributed by atoms with Gasteiger partial charge in [0.2, 0.25) is 0 Å². The first-order valence-electron chi connectivity index (χ1n) is 7.72. The van der Waals surface area contributed by atoms with Gasteiger partial charge in [-0.3, -0.25) is 0 Å². The monoisotopic (exact) mass is 367 g/mol. The highest BCUT2D eigenvalue weighted by molar-refractivity contribution is 5.59. The summed E-state index contributed by atoms with van der Waals surface area (Å²) in [6, 6.07) is 6.79. The molecule has 11 heteroatoms. The van der Waals surface area contributed by atoms with Gasteiger partial charge in [0.1, 0.15) is 6.54 Å². The summed E-state index contributed by atoms with van der Waals surface area (Å²) in [4.78, 5) is 4.26. The maximum absolute atomic E-state index is 12.9. The third-order valence-electron chi connectivity index (χ3n) is 3.55. The third-order valence-corrected chi connectivity index (χ3v) is 3.55. The molecule has 0 atom stereocenters. The molecule has 0 unspecified atom stereocenters. The summed E-state index contributed by atoms with van der Waals surface area (Å²) < 4.78 is 46.0. The lowest BCUT2D eigenvalue weighted by Gasteiger charge is -2.10. The molecule has 0 spiro atoms. The van der Waals surface area contributed by atoms with Gasteiger partial charge < -0.3 is 4.74 Å². The van der Waals surface area contributed by atoms with Crippen LogP contribution >= 0.6 is 0 Å². The second kappa shape index (κ2) is 7.20. The number of aryl methyl sites for hydroxylation is 1. The van der Waals surface area contributed by atoms with Crippen LogP contribution < -0.4 is 0 Å². The highest BCUT2D eigenvalue weighted by Crippen LogP contribution is 2.25. The minimum absolute atomic E-state index is 0.126. The van der Waals surface area contributed by atoms with E-state index >= 15 is 0 Å². The summed E-state index contributed by atoms with van der Waals surface area (Å²) >= 11 is 0. The van der Waals surface area contributed by atoms with Crippen molar-refractivity contribution in [3.05, 3.63) is 35.9 Å². The van der Waals surface area contributed by atoms with Crippen LogP contribution in [0.5, 0.6) is 0 Å². The Morgan fingerprint density at radius 1 is 1.23 bits per heavy atom. The Morgan fingerprint density at radius 3 is 2.69 bits per heavy atom. The van der Waals surface area contributed by atoms with E-state index < -0.39 is 12.7 Å².